The molecular weight excluding hydrogens is 500 g/mol. The zero-order chi connectivity index (χ0) is 27.0. The van der Waals surface area contributed by atoms with Crippen molar-refractivity contribution < 1.29 is 22.7 Å². The predicted octanol–water partition coefficient (Wildman–Crippen LogP) is 6.02. The number of carbonyl (C=O) groups excluding carboxylic acids is 1. The number of hydrogen-bond acceptors (Lipinski definition) is 5. The molecule has 0 fully saturated rings. The molecule has 0 heterocycles. The first-order chi connectivity index (χ1) is 18.3. The number of ether oxygens (including phenoxy) is 2. The molecule has 1 N–H and O–H groups in total. The molecule has 0 unspecified atom stereocenters. The average Bonchev–Trinajstić information content (AvgIpc) is 2.92. The molecule has 0 aliphatic heterocycles. The third-order valence-electron chi connectivity index (χ3n) is 5.72. The molecule has 196 valence electrons. The van der Waals surface area contributed by atoms with Crippen molar-refractivity contribution in [3.05, 3.63) is 114 Å². The summed E-state index contributed by atoms with van der Waals surface area (Å²) in [6, 6.07) is 30.2. The number of hydrogen-bond donors (Lipinski definition) is 1. The van der Waals surface area contributed by atoms with Crippen LogP contribution in [0.25, 0.3) is 0 Å². The summed E-state index contributed by atoms with van der Waals surface area (Å²) in [5.74, 6) is 1.49. The highest BCUT2D eigenvalue weighted by molar-refractivity contribution is 7.89. The maximum atomic E-state index is 13.7. The van der Waals surface area contributed by atoms with Gasteiger partial charge in [0.1, 0.15) is 17.2 Å². The minimum atomic E-state index is -3.99. The van der Waals surface area contributed by atoms with Crippen LogP contribution in [-0.4, -0.2) is 31.8 Å². The second kappa shape index (κ2) is 12.4. The lowest BCUT2D eigenvalue weighted by molar-refractivity contribution is -0.116. The van der Waals surface area contributed by atoms with Crippen LogP contribution in [-0.2, 0) is 21.4 Å². The number of anilines is 1. The first kappa shape index (κ1) is 26.9. The highest BCUT2D eigenvalue weighted by Crippen LogP contribution is 2.26. The Bertz CT molecular complexity index is 1460. The van der Waals surface area contributed by atoms with Crippen LogP contribution in [0.1, 0.15) is 18.1 Å². The third kappa shape index (κ3) is 7.00. The van der Waals surface area contributed by atoms with Crippen molar-refractivity contribution >= 4 is 21.6 Å². The van der Waals surface area contributed by atoms with E-state index in [1.54, 1.807) is 43.3 Å². The van der Waals surface area contributed by atoms with Gasteiger partial charge in [0, 0.05) is 12.2 Å². The Balaban J connectivity index is 1.51. The minimum Gasteiger partial charge on any atom is -0.494 e. The van der Waals surface area contributed by atoms with Crippen LogP contribution in [0.15, 0.2) is 108 Å². The van der Waals surface area contributed by atoms with E-state index in [-0.39, 0.29) is 18.0 Å². The van der Waals surface area contributed by atoms with E-state index in [0.29, 0.717) is 35.1 Å². The molecule has 0 aliphatic rings. The molecule has 0 saturated carbocycles. The summed E-state index contributed by atoms with van der Waals surface area (Å²) in [6.45, 7) is 3.84. The van der Waals surface area contributed by atoms with E-state index in [4.69, 9.17) is 9.47 Å². The fraction of sp³-hybridized carbons (Fsp3) is 0.167. The third-order valence-corrected chi connectivity index (χ3v) is 7.51. The summed E-state index contributed by atoms with van der Waals surface area (Å²) in [7, 11) is -3.99. The highest BCUT2D eigenvalue weighted by atomic mass is 32.2. The number of rotatable bonds is 11. The van der Waals surface area contributed by atoms with Gasteiger partial charge in [-0.15, -0.1) is 0 Å². The lowest BCUT2D eigenvalue weighted by Crippen LogP contribution is -2.37. The van der Waals surface area contributed by atoms with Gasteiger partial charge in [-0.1, -0.05) is 48.5 Å². The van der Waals surface area contributed by atoms with Crippen molar-refractivity contribution in [2.24, 2.45) is 0 Å². The number of para-hydroxylation sites is 1. The Morgan fingerprint density at radius 3 is 2.11 bits per heavy atom. The molecule has 0 radical (unpaired) electrons. The second-order valence-electron chi connectivity index (χ2n) is 8.61. The first-order valence-corrected chi connectivity index (χ1v) is 13.7. The predicted molar refractivity (Wildman–Crippen MR) is 148 cm³/mol. The highest BCUT2D eigenvalue weighted by Gasteiger charge is 2.27. The Kier molecular flexibility index (Phi) is 8.78. The van der Waals surface area contributed by atoms with E-state index in [2.05, 4.69) is 5.32 Å². The fourth-order valence-electron chi connectivity index (χ4n) is 3.85. The van der Waals surface area contributed by atoms with Crippen LogP contribution in [0.3, 0.4) is 0 Å². The van der Waals surface area contributed by atoms with E-state index in [0.717, 1.165) is 5.56 Å². The van der Waals surface area contributed by atoms with Gasteiger partial charge in [-0.05, 0) is 79.6 Å². The van der Waals surface area contributed by atoms with E-state index in [1.807, 2.05) is 67.6 Å². The second-order valence-corrected chi connectivity index (χ2v) is 10.5. The van der Waals surface area contributed by atoms with E-state index >= 15 is 0 Å². The van der Waals surface area contributed by atoms with Crippen molar-refractivity contribution in [2.75, 3.05) is 18.5 Å². The SMILES string of the molecule is CCOc1ccc(S(=O)(=O)N(CC(=O)Nc2ccc(Oc3ccccc3)cc2)Cc2ccccc2)cc1C. The maximum Gasteiger partial charge on any atom is 0.243 e. The van der Waals surface area contributed by atoms with E-state index < -0.39 is 15.9 Å². The van der Waals surface area contributed by atoms with E-state index in [9.17, 15) is 13.2 Å². The smallest absolute Gasteiger partial charge is 0.243 e. The van der Waals surface area contributed by atoms with E-state index in [1.165, 1.54) is 10.4 Å². The molecular formula is C30H30N2O5S. The summed E-state index contributed by atoms with van der Waals surface area (Å²) >= 11 is 0. The molecule has 4 rings (SSSR count). The summed E-state index contributed by atoms with van der Waals surface area (Å²) in [4.78, 5) is 13.1. The lowest BCUT2D eigenvalue weighted by Gasteiger charge is -2.22. The largest absolute Gasteiger partial charge is 0.494 e. The molecule has 7 nitrogen and oxygen atoms in total. The molecule has 4 aromatic carbocycles. The number of nitrogens with zero attached hydrogens (tertiary/aromatic N) is 1. The maximum absolute atomic E-state index is 13.7. The standard InChI is InChI=1S/C30H30N2O5S/c1-3-36-29-19-18-28(20-23(29)2)38(34,35)32(21-24-10-6-4-7-11-24)22-30(33)31-25-14-16-27(17-15-25)37-26-12-8-5-9-13-26/h4-20H,3,21-22H2,1-2H3,(H,31,33). The molecule has 0 spiro atoms. The number of nitrogens with one attached hydrogen (secondary N) is 1. The van der Waals surface area contributed by atoms with Gasteiger partial charge in [0.25, 0.3) is 0 Å². The molecule has 1 amide bonds. The minimum absolute atomic E-state index is 0.0483. The fourth-order valence-corrected chi connectivity index (χ4v) is 5.32. The number of amides is 1. The molecule has 0 bridgehead atoms. The average molecular weight is 531 g/mol. The monoisotopic (exact) mass is 530 g/mol. The number of sulfonamides is 1. The summed E-state index contributed by atoms with van der Waals surface area (Å²) in [5.41, 5.74) is 2.01. The first-order valence-electron chi connectivity index (χ1n) is 12.3. The van der Waals surface area contributed by atoms with Crippen LogP contribution >= 0.6 is 0 Å². The van der Waals surface area contributed by atoms with Crippen molar-refractivity contribution in [1.82, 2.24) is 4.31 Å². The normalized spacial score (nSPS) is 11.2. The van der Waals surface area contributed by atoms with Crippen LogP contribution in [0.2, 0.25) is 0 Å². The summed E-state index contributed by atoms with van der Waals surface area (Å²) in [6.07, 6.45) is 0. The Morgan fingerprint density at radius 1 is 0.842 bits per heavy atom. The van der Waals surface area contributed by atoms with Gasteiger partial charge in [-0.2, -0.15) is 4.31 Å². The molecule has 38 heavy (non-hydrogen) atoms. The van der Waals surface area contributed by atoms with Gasteiger partial charge in [-0.3, -0.25) is 4.79 Å². The van der Waals surface area contributed by atoms with Crippen molar-refractivity contribution in [1.29, 1.82) is 0 Å². The van der Waals surface area contributed by atoms with Gasteiger partial charge < -0.3 is 14.8 Å². The quantitative estimate of drug-likeness (QED) is 0.257. The summed E-state index contributed by atoms with van der Waals surface area (Å²) < 4.78 is 39.8. The Hall–Kier alpha value is -4.14. The number of carbonyl (C=O) groups is 1. The Labute approximate surface area is 223 Å². The molecule has 0 aromatic heterocycles. The number of benzene rings is 4. The zero-order valence-electron chi connectivity index (χ0n) is 21.3. The van der Waals surface area contributed by atoms with Crippen molar-refractivity contribution in [2.45, 2.75) is 25.3 Å². The Morgan fingerprint density at radius 2 is 1.47 bits per heavy atom. The molecule has 0 aliphatic carbocycles. The zero-order valence-corrected chi connectivity index (χ0v) is 22.1. The molecule has 0 saturated heterocycles. The van der Waals surface area contributed by atoms with Crippen LogP contribution < -0.4 is 14.8 Å². The van der Waals surface area contributed by atoms with Gasteiger partial charge in [0.2, 0.25) is 15.9 Å². The topological polar surface area (TPSA) is 84.9 Å². The van der Waals surface area contributed by atoms with Crippen LogP contribution in [0.5, 0.6) is 17.2 Å². The molecule has 4 aromatic rings. The summed E-state index contributed by atoms with van der Waals surface area (Å²) in [5, 5.41) is 2.79. The van der Waals surface area contributed by atoms with Crippen LogP contribution in [0, 0.1) is 6.92 Å². The van der Waals surface area contributed by atoms with Crippen LogP contribution in [0.4, 0.5) is 5.69 Å². The lowest BCUT2D eigenvalue weighted by atomic mass is 10.2. The van der Waals surface area contributed by atoms with Gasteiger partial charge in [-0.25, -0.2) is 8.42 Å². The van der Waals surface area contributed by atoms with Gasteiger partial charge >= 0.3 is 0 Å². The molecule has 8 heteroatoms. The van der Waals surface area contributed by atoms with Crippen molar-refractivity contribution in [3.63, 3.8) is 0 Å². The number of aryl methyl sites for hydroxylation is 1. The van der Waals surface area contributed by atoms with Gasteiger partial charge in [0.05, 0.1) is 18.0 Å². The van der Waals surface area contributed by atoms with Gasteiger partial charge in [0.15, 0.2) is 0 Å². The van der Waals surface area contributed by atoms with Crippen molar-refractivity contribution in [3.8, 4) is 17.2 Å². The molecule has 0 atom stereocenters.